The van der Waals surface area contributed by atoms with E-state index in [0.29, 0.717) is 12.1 Å². The first kappa shape index (κ1) is 11.9. The van der Waals surface area contributed by atoms with Gasteiger partial charge in [-0.05, 0) is 38.3 Å². The molecule has 2 atom stereocenters. The molecule has 1 saturated carbocycles. The number of hydrogen-bond acceptors (Lipinski definition) is 3. The van der Waals surface area contributed by atoms with Gasteiger partial charge in [-0.3, -0.25) is 4.98 Å². The third kappa shape index (κ3) is 1.67. The van der Waals surface area contributed by atoms with Gasteiger partial charge >= 0.3 is 0 Å². The molecular formula is C16H19N3O. The summed E-state index contributed by atoms with van der Waals surface area (Å²) >= 11 is 0. The van der Waals surface area contributed by atoms with Gasteiger partial charge in [0.15, 0.2) is 0 Å². The Hall–Kier alpha value is -1.84. The highest BCUT2D eigenvalue weighted by molar-refractivity contribution is 5.64. The summed E-state index contributed by atoms with van der Waals surface area (Å²) in [5.74, 6) is 0.971. The van der Waals surface area contributed by atoms with E-state index in [-0.39, 0.29) is 0 Å². The summed E-state index contributed by atoms with van der Waals surface area (Å²) in [7, 11) is 0. The van der Waals surface area contributed by atoms with E-state index in [0.717, 1.165) is 47.7 Å². The predicted molar refractivity (Wildman–Crippen MR) is 76.9 cm³/mol. The Balaban J connectivity index is 1.78. The molecule has 3 heterocycles. The van der Waals surface area contributed by atoms with Crippen LogP contribution in [0.3, 0.4) is 0 Å². The number of nitrogens with zero attached hydrogens (tertiary/aromatic N) is 3. The van der Waals surface area contributed by atoms with Gasteiger partial charge in [-0.2, -0.15) is 5.10 Å². The molecule has 0 amide bonds. The van der Waals surface area contributed by atoms with Crippen molar-refractivity contribution >= 4 is 0 Å². The molecule has 1 aliphatic heterocycles. The maximum atomic E-state index is 6.08. The van der Waals surface area contributed by atoms with Gasteiger partial charge in [0.1, 0.15) is 11.8 Å². The van der Waals surface area contributed by atoms with Crippen LogP contribution >= 0.6 is 0 Å². The molecule has 20 heavy (non-hydrogen) atoms. The van der Waals surface area contributed by atoms with Gasteiger partial charge in [0.2, 0.25) is 5.88 Å². The van der Waals surface area contributed by atoms with Gasteiger partial charge in [-0.15, -0.1) is 0 Å². The van der Waals surface area contributed by atoms with Gasteiger partial charge in [-0.1, -0.05) is 6.92 Å². The molecule has 0 aromatic carbocycles. The number of aromatic nitrogens is 3. The second-order valence-corrected chi connectivity index (χ2v) is 5.82. The lowest BCUT2D eigenvalue weighted by molar-refractivity contribution is 0.152. The molecule has 1 fully saturated rings. The zero-order valence-electron chi connectivity index (χ0n) is 12.0. The van der Waals surface area contributed by atoms with Crippen LogP contribution in [0.2, 0.25) is 0 Å². The van der Waals surface area contributed by atoms with Crippen LogP contribution in [-0.2, 0) is 6.42 Å². The molecule has 2 aliphatic rings. The van der Waals surface area contributed by atoms with Gasteiger partial charge in [0, 0.05) is 29.4 Å². The summed E-state index contributed by atoms with van der Waals surface area (Å²) in [6, 6.07) is 4.73. The van der Waals surface area contributed by atoms with E-state index in [1.807, 2.05) is 6.20 Å². The van der Waals surface area contributed by atoms with Crippen molar-refractivity contribution < 1.29 is 4.74 Å². The Kier molecular flexibility index (Phi) is 2.59. The molecule has 0 radical (unpaired) electrons. The molecule has 4 nitrogen and oxygen atoms in total. The molecule has 0 spiro atoms. The molecule has 104 valence electrons. The first-order valence-electron chi connectivity index (χ1n) is 7.47. The second kappa shape index (κ2) is 4.33. The van der Waals surface area contributed by atoms with E-state index in [4.69, 9.17) is 9.84 Å². The van der Waals surface area contributed by atoms with Crippen LogP contribution in [0.25, 0.3) is 11.3 Å². The van der Waals surface area contributed by atoms with E-state index in [9.17, 15) is 0 Å². The van der Waals surface area contributed by atoms with Crippen molar-refractivity contribution in [1.82, 2.24) is 14.8 Å². The van der Waals surface area contributed by atoms with Crippen LogP contribution in [-0.4, -0.2) is 20.9 Å². The summed E-state index contributed by atoms with van der Waals surface area (Å²) in [6.07, 6.45) is 6.75. The van der Waals surface area contributed by atoms with E-state index < -0.39 is 0 Å². The minimum Gasteiger partial charge on any atom is -0.474 e. The highest BCUT2D eigenvalue weighted by Gasteiger charge is 2.37. The quantitative estimate of drug-likeness (QED) is 0.839. The zero-order valence-corrected chi connectivity index (χ0v) is 12.0. The average molecular weight is 269 g/mol. The minimum atomic E-state index is 0.399. The molecule has 0 N–H and O–H groups in total. The first-order valence-corrected chi connectivity index (χ1v) is 7.47. The zero-order chi connectivity index (χ0) is 13.7. The summed E-state index contributed by atoms with van der Waals surface area (Å²) in [6.45, 7) is 4.22. The van der Waals surface area contributed by atoms with Crippen LogP contribution in [0.15, 0.2) is 18.3 Å². The van der Waals surface area contributed by atoms with Gasteiger partial charge < -0.3 is 4.74 Å². The standard InChI is InChI=1S/C16H19N3O/c1-3-12-5-4-11(9-17-12)15-10(2)16-19(18-15)13-6-7-14(8-13)20-16/h4-5,9,13-14H,3,6-8H2,1-2H3/t13-,14+/m0/s1. The van der Waals surface area contributed by atoms with Crippen LogP contribution in [0, 0.1) is 6.92 Å². The third-order valence-corrected chi connectivity index (χ3v) is 4.53. The molecule has 4 rings (SSSR count). The van der Waals surface area contributed by atoms with E-state index in [2.05, 4.69) is 35.6 Å². The van der Waals surface area contributed by atoms with Crippen LogP contribution in [0.1, 0.15) is 43.5 Å². The normalized spacial score (nSPS) is 23.5. The van der Waals surface area contributed by atoms with Gasteiger partial charge in [0.05, 0.1) is 6.04 Å². The van der Waals surface area contributed by atoms with Crippen molar-refractivity contribution in [3.8, 4) is 17.1 Å². The number of pyridine rings is 1. The van der Waals surface area contributed by atoms with Crippen molar-refractivity contribution in [1.29, 1.82) is 0 Å². The molecule has 0 unspecified atom stereocenters. The van der Waals surface area contributed by atoms with E-state index >= 15 is 0 Å². The van der Waals surface area contributed by atoms with Crippen LogP contribution < -0.4 is 4.74 Å². The lowest BCUT2D eigenvalue weighted by Crippen LogP contribution is -2.22. The average Bonchev–Trinajstić information content (AvgIpc) is 3.03. The maximum absolute atomic E-state index is 6.08. The molecule has 2 bridgehead atoms. The summed E-state index contributed by atoms with van der Waals surface area (Å²) in [4.78, 5) is 4.48. The van der Waals surface area contributed by atoms with Crippen molar-refractivity contribution in [3.63, 3.8) is 0 Å². The van der Waals surface area contributed by atoms with Crippen molar-refractivity contribution in [3.05, 3.63) is 29.6 Å². The lowest BCUT2D eigenvalue weighted by Gasteiger charge is -2.22. The maximum Gasteiger partial charge on any atom is 0.215 e. The molecule has 2 aromatic rings. The number of fused-ring (bicyclic) bond motifs is 4. The highest BCUT2D eigenvalue weighted by atomic mass is 16.5. The summed E-state index contributed by atoms with van der Waals surface area (Å²) in [5.41, 5.74) is 4.36. The fourth-order valence-electron chi connectivity index (χ4n) is 3.34. The topological polar surface area (TPSA) is 39.9 Å². The third-order valence-electron chi connectivity index (χ3n) is 4.53. The highest BCUT2D eigenvalue weighted by Crippen LogP contribution is 2.43. The molecule has 2 aromatic heterocycles. The Morgan fingerprint density at radius 1 is 1.35 bits per heavy atom. The number of ether oxygens (including phenoxy) is 1. The van der Waals surface area contributed by atoms with Crippen molar-refractivity contribution in [2.45, 2.75) is 51.7 Å². The molecular weight excluding hydrogens is 250 g/mol. The summed E-state index contributed by atoms with van der Waals surface area (Å²) in [5, 5.41) is 4.81. The van der Waals surface area contributed by atoms with Gasteiger partial charge in [0.25, 0.3) is 0 Å². The van der Waals surface area contributed by atoms with Crippen molar-refractivity contribution in [2.75, 3.05) is 0 Å². The number of hydrogen-bond donors (Lipinski definition) is 0. The fraction of sp³-hybridized carbons (Fsp3) is 0.500. The lowest BCUT2D eigenvalue weighted by atomic mass is 10.1. The van der Waals surface area contributed by atoms with Gasteiger partial charge in [-0.25, -0.2) is 4.68 Å². The van der Waals surface area contributed by atoms with E-state index in [1.54, 1.807) is 0 Å². The SMILES string of the molecule is CCc1ccc(-c2nn3c(c2C)O[C@@H]2CC[C@H]3C2)cn1. The van der Waals surface area contributed by atoms with Crippen LogP contribution in [0.5, 0.6) is 5.88 Å². The monoisotopic (exact) mass is 269 g/mol. The Labute approximate surface area is 118 Å². The largest absolute Gasteiger partial charge is 0.474 e. The first-order chi connectivity index (χ1) is 9.76. The Morgan fingerprint density at radius 3 is 3.00 bits per heavy atom. The Morgan fingerprint density at radius 2 is 2.25 bits per heavy atom. The van der Waals surface area contributed by atoms with Crippen molar-refractivity contribution in [2.24, 2.45) is 0 Å². The molecule has 0 saturated heterocycles. The Bertz CT molecular complexity index is 644. The minimum absolute atomic E-state index is 0.399. The van der Waals surface area contributed by atoms with Crippen LogP contribution in [0.4, 0.5) is 0 Å². The molecule has 4 heteroatoms. The van der Waals surface area contributed by atoms with E-state index in [1.165, 1.54) is 6.42 Å². The number of aryl methyl sites for hydroxylation is 1. The summed E-state index contributed by atoms with van der Waals surface area (Å²) < 4.78 is 8.18. The second-order valence-electron chi connectivity index (χ2n) is 5.82. The molecule has 1 aliphatic carbocycles. The smallest absolute Gasteiger partial charge is 0.215 e. The number of rotatable bonds is 2. The predicted octanol–water partition coefficient (Wildman–Crippen LogP) is 3.30. The fourth-order valence-corrected chi connectivity index (χ4v) is 3.34.